The van der Waals surface area contributed by atoms with Crippen LogP contribution in [0.25, 0.3) is 5.69 Å². The molecule has 6 nitrogen and oxygen atoms in total. The van der Waals surface area contributed by atoms with Crippen molar-refractivity contribution in [2.45, 2.75) is 32.3 Å². The van der Waals surface area contributed by atoms with Crippen LogP contribution >= 0.6 is 0 Å². The molecule has 0 aliphatic carbocycles. The van der Waals surface area contributed by atoms with Gasteiger partial charge in [-0.3, -0.25) is 9.69 Å². The SMILES string of the molecule is CCc1c(C(=O)N2CCN(CC3CCCO3)CC2)cnn1-c1ccccc1. The van der Waals surface area contributed by atoms with Crippen LogP contribution in [0.1, 0.15) is 35.8 Å². The third-order valence-corrected chi connectivity index (χ3v) is 5.58. The van der Waals surface area contributed by atoms with E-state index < -0.39 is 0 Å². The molecule has 0 radical (unpaired) electrons. The van der Waals surface area contributed by atoms with Gasteiger partial charge in [-0.25, -0.2) is 4.68 Å². The summed E-state index contributed by atoms with van der Waals surface area (Å²) in [5, 5.41) is 4.50. The highest BCUT2D eigenvalue weighted by Gasteiger charge is 2.27. The average Bonchev–Trinajstić information content (AvgIpc) is 3.38. The molecule has 2 aliphatic rings. The molecule has 0 bridgehead atoms. The number of para-hydroxylation sites is 1. The van der Waals surface area contributed by atoms with Crippen molar-refractivity contribution < 1.29 is 9.53 Å². The zero-order valence-corrected chi connectivity index (χ0v) is 16.0. The Kier molecular flexibility index (Phi) is 5.55. The van der Waals surface area contributed by atoms with Crippen LogP contribution in [0.3, 0.4) is 0 Å². The maximum absolute atomic E-state index is 13.1. The van der Waals surface area contributed by atoms with E-state index >= 15 is 0 Å². The minimum Gasteiger partial charge on any atom is -0.377 e. The minimum absolute atomic E-state index is 0.103. The van der Waals surface area contributed by atoms with Gasteiger partial charge in [0.25, 0.3) is 5.91 Å². The zero-order chi connectivity index (χ0) is 18.6. The summed E-state index contributed by atoms with van der Waals surface area (Å²) in [6.07, 6.45) is 5.22. The molecule has 2 aliphatic heterocycles. The lowest BCUT2D eigenvalue weighted by Gasteiger charge is -2.35. The number of aromatic nitrogens is 2. The Morgan fingerprint density at radius 2 is 1.96 bits per heavy atom. The summed E-state index contributed by atoms with van der Waals surface area (Å²) in [5.41, 5.74) is 2.71. The molecule has 4 rings (SSSR count). The van der Waals surface area contributed by atoms with Gasteiger partial charge in [0.2, 0.25) is 0 Å². The highest BCUT2D eigenvalue weighted by molar-refractivity contribution is 5.95. The van der Waals surface area contributed by atoms with Gasteiger partial charge in [-0.1, -0.05) is 25.1 Å². The van der Waals surface area contributed by atoms with Gasteiger partial charge in [0, 0.05) is 39.3 Å². The third-order valence-electron chi connectivity index (χ3n) is 5.58. The summed E-state index contributed by atoms with van der Waals surface area (Å²) in [5.74, 6) is 0.103. The van der Waals surface area contributed by atoms with Gasteiger partial charge in [0.15, 0.2) is 0 Å². The first-order valence-corrected chi connectivity index (χ1v) is 10.0. The molecule has 1 amide bonds. The highest BCUT2D eigenvalue weighted by atomic mass is 16.5. The van der Waals surface area contributed by atoms with Crippen molar-refractivity contribution in [1.29, 1.82) is 0 Å². The number of ether oxygens (including phenoxy) is 1. The second-order valence-electron chi connectivity index (χ2n) is 7.33. The maximum atomic E-state index is 13.1. The van der Waals surface area contributed by atoms with Crippen LogP contribution in [0.5, 0.6) is 0 Å². The lowest BCUT2D eigenvalue weighted by Crippen LogP contribution is -2.50. The number of piperazine rings is 1. The van der Waals surface area contributed by atoms with Gasteiger partial charge in [-0.2, -0.15) is 5.10 Å². The molecule has 1 unspecified atom stereocenters. The van der Waals surface area contributed by atoms with Crippen LogP contribution < -0.4 is 0 Å². The van der Waals surface area contributed by atoms with Crippen LogP contribution in [0.2, 0.25) is 0 Å². The monoisotopic (exact) mass is 368 g/mol. The lowest BCUT2D eigenvalue weighted by molar-refractivity contribution is 0.0432. The van der Waals surface area contributed by atoms with E-state index in [9.17, 15) is 4.79 Å². The number of hydrogen-bond acceptors (Lipinski definition) is 4. The Morgan fingerprint density at radius 1 is 1.19 bits per heavy atom. The Morgan fingerprint density at radius 3 is 2.63 bits per heavy atom. The van der Waals surface area contributed by atoms with Crippen molar-refractivity contribution in [1.82, 2.24) is 19.6 Å². The van der Waals surface area contributed by atoms with Crippen molar-refractivity contribution >= 4 is 5.91 Å². The van der Waals surface area contributed by atoms with E-state index in [1.54, 1.807) is 6.20 Å². The van der Waals surface area contributed by atoms with E-state index in [0.717, 1.165) is 69.1 Å². The number of carbonyl (C=O) groups excluding carboxylic acids is 1. The molecule has 1 aromatic carbocycles. The molecule has 6 heteroatoms. The van der Waals surface area contributed by atoms with E-state index in [-0.39, 0.29) is 5.91 Å². The molecule has 3 heterocycles. The Hall–Kier alpha value is -2.18. The molecule has 2 aromatic rings. The number of rotatable bonds is 5. The van der Waals surface area contributed by atoms with Crippen molar-refractivity contribution in [2.24, 2.45) is 0 Å². The molecular formula is C21H28N4O2. The summed E-state index contributed by atoms with van der Waals surface area (Å²) in [6.45, 7) is 7.34. The first-order chi connectivity index (χ1) is 13.3. The quantitative estimate of drug-likeness (QED) is 0.813. The molecule has 1 aromatic heterocycles. The highest BCUT2D eigenvalue weighted by Crippen LogP contribution is 2.19. The summed E-state index contributed by atoms with van der Waals surface area (Å²) < 4.78 is 7.63. The Balaban J connectivity index is 1.42. The van der Waals surface area contributed by atoms with Crippen molar-refractivity contribution in [3.05, 3.63) is 47.8 Å². The fourth-order valence-corrected chi connectivity index (χ4v) is 4.06. The molecule has 0 spiro atoms. The molecule has 144 valence electrons. The summed E-state index contributed by atoms with van der Waals surface area (Å²) in [6, 6.07) is 10.0. The standard InChI is InChI=1S/C21H28N4O2/c1-2-20-19(15-22-25(20)17-7-4-3-5-8-17)21(26)24-12-10-23(11-13-24)16-18-9-6-14-27-18/h3-5,7-8,15,18H,2,6,9-14,16H2,1H3. The second kappa shape index (κ2) is 8.23. The Bertz CT molecular complexity index is 760. The largest absolute Gasteiger partial charge is 0.377 e. The summed E-state index contributed by atoms with van der Waals surface area (Å²) in [7, 11) is 0. The molecule has 2 saturated heterocycles. The zero-order valence-electron chi connectivity index (χ0n) is 16.0. The lowest BCUT2D eigenvalue weighted by atomic mass is 10.1. The van der Waals surface area contributed by atoms with E-state index in [1.165, 1.54) is 6.42 Å². The smallest absolute Gasteiger partial charge is 0.257 e. The molecule has 1 atom stereocenters. The molecule has 0 saturated carbocycles. The number of hydrogen-bond donors (Lipinski definition) is 0. The number of nitrogens with zero attached hydrogens (tertiary/aromatic N) is 4. The number of benzene rings is 1. The van der Waals surface area contributed by atoms with Gasteiger partial charge in [0.1, 0.15) is 0 Å². The van der Waals surface area contributed by atoms with Crippen molar-refractivity contribution in [2.75, 3.05) is 39.3 Å². The maximum Gasteiger partial charge on any atom is 0.257 e. The second-order valence-corrected chi connectivity index (χ2v) is 7.33. The fourth-order valence-electron chi connectivity index (χ4n) is 4.06. The Labute approximate surface area is 160 Å². The van der Waals surface area contributed by atoms with Crippen LogP contribution in [-0.2, 0) is 11.2 Å². The molecular weight excluding hydrogens is 340 g/mol. The van der Waals surface area contributed by atoms with Gasteiger partial charge in [-0.15, -0.1) is 0 Å². The predicted octanol–water partition coefficient (Wildman–Crippen LogP) is 2.37. The molecule has 2 fully saturated rings. The summed E-state index contributed by atoms with van der Waals surface area (Å²) >= 11 is 0. The molecule has 0 N–H and O–H groups in total. The van der Waals surface area contributed by atoms with E-state index in [1.807, 2.05) is 39.9 Å². The molecule has 27 heavy (non-hydrogen) atoms. The van der Waals surface area contributed by atoms with Crippen molar-refractivity contribution in [3.63, 3.8) is 0 Å². The van der Waals surface area contributed by atoms with Crippen LogP contribution in [0, 0.1) is 0 Å². The van der Waals surface area contributed by atoms with Gasteiger partial charge in [-0.05, 0) is 31.4 Å². The topological polar surface area (TPSA) is 50.6 Å². The minimum atomic E-state index is 0.103. The third kappa shape index (κ3) is 3.92. The summed E-state index contributed by atoms with van der Waals surface area (Å²) in [4.78, 5) is 17.5. The van der Waals surface area contributed by atoms with Gasteiger partial charge >= 0.3 is 0 Å². The fraction of sp³-hybridized carbons (Fsp3) is 0.524. The van der Waals surface area contributed by atoms with Crippen LogP contribution in [0.15, 0.2) is 36.5 Å². The van der Waals surface area contributed by atoms with Gasteiger partial charge in [0.05, 0.1) is 29.2 Å². The van der Waals surface area contributed by atoms with Crippen LogP contribution in [0.4, 0.5) is 0 Å². The first-order valence-electron chi connectivity index (χ1n) is 10.0. The normalized spacial score (nSPS) is 20.9. The van der Waals surface area contributed by atoms with Gasteiger partial charge < -0.3 is 9.64 Å². The average molecular weight is 368 g/mol. The number of amides is 1. The van der Waals surface area contributed by atoms with E-state index in [0.29, 0.717) is 6.10 Å². The first kappa shape index (κ1) is 18.2. The van der Waals surface area contributed by atoms with Crippen molar-refractivity contribution in [3.8, 4) is 5.69 Å². The van der Waals surface area contributed by atoms with E-state index in [4.69, 9.17) is 4.74 Å². The predicted molar refractivity (Wildman–Crippen MR) is 104 cm³/mol. The van der Waals surface area contributed by atoms with Crippen LogP contribution in [-0.4, -0.2) is 70.9 Å². The van der Waals surface area contributed by atoms with E-state index in [2.05, 4.69) is 16.9 Å². The number of carbonyl (C=O) groups is 1.